The van der Waals surface area contributed by atoms with Crippen molar-refractivity contribution in [3.63, 3.8) is 0 Å². The van der Waals surface area contributed by atoms with E-state index in [2.05, 4.69) is 16.7 Å². The Bertz CT molecular complexity index is 1040. The molecule has 1 aromatic heterocycles. The third kappa shape index (κ3) is 6.94. The van der Waals surface area contributed by atoms with Gasteiger partial charge in [-0.2, -0.15) is 0 Å². The third-order valence-electron chi connectivity index (χ3n) is 5.16. The van der Waals surface area contributed by atoms with Crippen LogP contribution < -0.4 is 15.4 Å². The summed E-state index contributed by atoms with van der Waals surface area (Å²) in [7, 11) is 2.58. The van der Waals surface area contributed by atoms with Crippen LogP contribution in [0.2, 0.25) is 5.02 Å². The maximum Gasteiger partial charge on any atom is 0.194 e. The Kier molecular flexibility index (Phi) is 8.26. The van der Waals surface area contributed by atoms with Gasteiger partial charge in [0.15, 0.2) is 7.05 Å². The molecule has 7 nitrogen and oxygen atoms in total. The fraction of sp³-hybridized carbons (Fsp3) is 0.435. The molecule has 2 N–H and O–H groups in total. The van der Waals surface area contributed by atoms with Crippen molar-refractivity contribution in [2.24, 2.45) is 5.92 Å². The van der Waals surface area contributed by atoms with E-state index in [9.17, 15) is 0 Å². The van der Waals surface area contributed by atoms with E-state index in [1.165, 1.54) is 25.8 Å². The molecule has 0 aliphatic heterocycles. The second-order valence-corrected chi connectivity index (χ2v) is 8.19. The van der Waals surface area contributed by atoms with Crippen molar-refractivity contribution in [3.8, 4) is 5.75 Å². The van der Waals surface area contributed by atoms with Gasteiger partial charge in [0.05, 0.1) is 23.8 Å². The predicted octanol–water partition coefficient (Wildman–Crippen LogP) is 5.13. The number of ether oxygens (including phenoxy) is 1. The number of nitrogens with one attached hydrogen (secondary N) is 2. The standard InChI is InChI=1S/C22H26ClN3O.CH3NO2/c1-27-17-7-9-20-19(13-17)22(18-8-6-16(23)12-21(18)26-20)25-11-3-2-10-24-14-15-4-5-15;1-2(3)4/h6-9,12-13,15,24H,2-5,10-11,14H2,1H3,(H,25,26);1H3. The number of nitrogens with zero attached hydrogens (tertiary/aromatic N) is 2. The highest BCUT2D eigenvalue weighted by atomic mass is 35.5. The number of benzene rings is 2. The van der Waals surface area contributed by atoms with E-state index in [4.69, 9.17) is 31.4 Å². The molecule has 4 rings (SSSR count). The van der Waals surface area contributed by atoms with Crippen LogP contribution in [0.1, 0.15) is 25.7 Å². The lowest BCUT2D eigenvalue weighted by atomic mass is 10.1. The highest BCUT2D eigenvalue weighted by molar-refractivity contribution is 6.31. The Labute approximate surface area is 187 Å². The molecule has 0 saturated heterocycles. The number of anilines is 1. The lowest BCUT2D eigenvalue weighted by molar-refractivity contribution is -0.445. The van der Waals surface area contributed by atoms with Crippen LogP contribution in [-0.2, 0) is 0 Å². The van der Waals surface area contributed by atoms with Gasteiger partial charge in [0.25, 0.3) is 0 Å². The van der Waals surface area contributed by atoms with Gasteiger partial charge in [-0.25, -0.2) is 4.98 Å². The summed E-state index contributed by atoms with van der Waals surface area (Å²) in [5.74, 6) is 1.78. The SMILES string of the molecule is COc1ccc2nc3cc(Cl)ccc3c(NCCCCNCC3CC3)c2c1.C[N+](=O)[O-]. The molecule has 0 amide bonds. The molecule has 1 aliphatic rings. The predicted molar refractivity (Wildman–Crippen MR) is 127 cm³/mol. The highest BCUT2D eigenvalue weighted by Gasteiger charge is 2.19. The van der Waals surface area contributed by atoms with Crippen molar-refractivity contribution in [1.29, 1.82) is 0 Å². The second kappa shape index (κ2) is 11.1. The number of hydrogen-bond donors (Lipinski definition) is 2. The van der Waals surface area contributed by atoms with Crippen LogP contribution in [-0.4, -0.2) is 43.7 Å². The lowest BCUT2D eigenvalue weighted by Crippen LogP contribution is -2.18. The summed E-state index contributed by atoms with van der Waals surface area (Å²) in [5.41, 5.74) is 2.96. The highest BCUT2D eigenvalue weighted by Crippen LogP contribution is 2.34. The molecule has 31 heavy (non-hydrogen) atoms. The smallest absolute Gasteiger partial charge is 0.194 e. The lowest BCUT2D eigenvalue weighted by Gasteiger charge is -2.14. The number of nitro groups is 1. The Morgan fingerprint density at radius 2 is 1.87 bits per heavy atom. The number of pyridine rings is 1. The van der Waals surface area contributed by atoms with Crippen LogP contribution in [0.25, 0.3) is 21.8 Å². The zero-order valence-electron chi connectivity index (χ0n) is 18.0. The minimum Gasteiger partial charge on any atom is -0.497 e. The molecule has 1 saturated carbocycles. The molecule has 3 aromatic rings. The molecule has 0 atom stereocenters. The molecule has 166 valence electrons. The van der Waals surface area contributed by atoms with Gasteiger partial charge in [-0.1, -0.05) is 11.6 Å². The summed E-state index contributed by atoms with van der Waals surface area (Å²) in [6, 6.07) is 11.9. The summed E-state index contributed by atoms with van der Waals surface area (Å²) in [4.78, 5) is 13.1. The minimum absolute atomic E-state index is 0.500. The van der Waals surface area contributed by atoms with Crippen molar-refractivity contribution in [3.05, 3.63) is 51.5 Å². The summed E-state index contributed by atoms with van der Waals surface area (Å²) in [5, 5.41) is 18.9. The molecule has 0 spiro atoms. The number of unbranched alkanes of at least 4 members (excludes halogenated alkanes) is 1. The van der Waals surface area contributed by atoms with E-state index in [0.29, 0.717) is 5.02 Å². The second-order valence-electron chi connectivity index (χ2n) is 7.75. The molecular formula is C23H29ClN4O3. The number of aromatic nitrogens is 1. The first-order valence-corrected chi connectivity index (χ1v) is 11.0. The average molecular weight is 445 g/mol. The summed E-state index contributed by atoms with van der Waals surface area (Å²) < 4.78 is 5.42. The normalized spacial score (nSPS) is 13.0. The Morgan fingerprint density at radius 1 is 1.13 bits per heavy atom. The van der Waals surface area contributed by atoms with E-state index < -0.39 is 4.92 Å². The first-order chi connectivity index (χ1) is 15.0. The van der Waals surface area contributed by atoms with Gasteiger partial charge in [0, 0.05) is 27.3 Å². The van der Waals surface area contributed by atoms with Crippen molar-refractivity contribution >= 4 is 39.1 Å². The van der Waals surface area contributed by atoms with Crippen LogP contribution in [0.4, 0.5) is 5.69 Å². The molecule has 2 aromatic carbocycles. The van der Waals surface area contributed by atoms with Crippen LogP contribution in [0, 0.1) is 16.0 Å². The fourth-order valence-corrected chi connectivity index (χ4v) is 3.60. The number of hydrogen-bond acceptors (Lipinski definition) is 6. The summed E-state index contributed by atoms with van der Waals surface area (Å²) in [6.07, 6.45) is 5.12. The maximum absolute atomic E-state index is 8.81. The van der Waals surface area contributed by atoms with E-state index in [1.807, 2.05) is 30.3 Å². The van der Waals surface area contributed by atoms with Crippen LogP contribution >= 0.6 is 11.6 Å². The van der Waals surface area contributed by atoms with Crippen LogP contribution in [0.5, 0.6) is 5.75 Å². The first kappa shape index (κ1) is 23.0. The minimum atomic E-state index is -0.500. The van der Waals surface area contributed by atoms with E-state index >= 15 is 0 Å². The zero-order valence-corrected chi connectivity index (χ0v) is 18.7. The Morgan fingerprint density at radius 3 is 2.58 bits per heavy atom. The Balaban J connectivity index is 0.000000628. The summed E-state index contributed by atoms with van der Waals surface area (Å²) in [6.45, 7) is 3.21. The van der Waals surface area contributed by atoms with Gasteiger partial charge in [-0.15, -0.1) is 0 Å². The Hall–Kier alpha value is -2.64. The van der Waals surface area contributed by atoms with E-state index in [0.717, 1.165) is 65.7 Å². The average Bonchev–Trinajstić information content (AvgIpc) is 3.56. The van der Waals surface area contributed by atoms with Gasteiger partial charge in [-0.3, -0.25) is 10.1 Å². The van der Waals surface area contributed by atoms with Crippen molar-refractivity contribution in [1.82, 2.24) is 10.3 Å². The zero-order chi connectivity index (χ0) is 22.2. The molecule has 1 aliphatic carbocycles. The first-order valence-electron chi connectivity index (χ1n) is 10.6. The van der Waals surface area contributed by atoms with Crippen molar-refractivity contribution < 1.29 is 9.66 Å². The number of halogens is 1. The van der Waals surface area contributed by atoms with Crippen LogP contribution in [0.15, 0.2) is 36.4 Å². The van der Waals surface area contributed by atoms with Gasteiger partial charge in [0.1, 0.15) is 5.75 Å². The van der Waals surface area contributed by atoms with Gasteiger partial charge in [-0.05, 0) is 81.1 Å². The maximum atomic E-state index is 8.81. The number of fused-ring (bicyclic) bond motifs is 2. The monoisotopic (exact) mass is 444 g/mol. The van der Waals surface area contributed by atoms with Crippen molar-refractivity contribution in [2.75, 3.05) is 39.1 Å². The molecule has 8 heteroatoms. The summed E-state index contributed by atoms with van der Waals surface area (Å²) >= 11 is 6.18. The molecular weight excluding hydrogens is 416 g/mol. The van der Waals surface area contributed by atoms with Gasteiger partial charge < -0.3 is 15.4 Å². The van der Waals surface area contributed by atoms with Crippen LogP contribution in [0.3, 0.4) is 0 Å². The topological polar surface area (TPSA) is 89.3 Å². The molecule has 0 radical (unpaired) electrons. The quantitative estimate of drug-likeness (QED) is 0.206. The number of methoxy groups -OCH3 is 1. The molecule has 0 unspecified atom stereocenters. The van der Waals surface area contributed by atoms with Gasteiger partial charge in [0.2, 0.25) is 0 Å². The molecule has 1 heterocycles. The molecule has 0 bridgehead atoms. The van der Waals surface area contributed by atoms with E-state index in [-0.39, 0.29) is 0 Å². The fourth-order valence-electron chi connectivity index (χ4n) is 3.43. The third-order valence-corrected chi connectivity index (χ3v) is 5.39. The van der Waals surface area contributed by atoms with E-state index in [1.54, 1.807) is 7.11 Å². The largest absolute Gasteiger partial charge is 0.497 e. The van der Waals surface area contributed by atoms with Gasteiger partial charge >= 0.3 is 0 Å². The number of rotatable bonds is 9. The van der Waals surface area contributed by atoms with Crippen molar-refractivity contribution in [2.45, 2.75) is 25.7 Å². The molecule has 1 fully saturated rings.